The predicted molar refractivity (Wildman–Crippen MR) is 84.3 cm³/mol. The lowest BCUT2D eigenvalue weighted by molar-refractivity contribution is 0.404. The largest absolute Gasteiger partial charge is 0.369 e. The fraction of sp³-hybridized carbons (Fsp3) is 0.500. The van der Waals surface area contributed by atoms with E-state index < -0.39 is 0 Å². The molecule has 0 radical (unpaired) electrons. The van der Waals surface area contributed by atoms with E-state index >= 15 is 0 Å². The molecule has 0 bridgehead atoms. The molecule has 2 heterocycles. The molecule has 5 heteroatoms. The molecule has 2 aliphatic rings. The minimum absolute atomic E-state index is 0.0255. The Morgan fingerprint density at radius 2 is 2.37 bits per heavy atom. The summed E-state index contributed by atoms with van der Waals surface area (Å²) in [6, 6.07) is 7.90. The van der Waals surface area contributed by atoms with Crippen LogP contribution >= 0.6 is 23.4 Å². The van der Waals surface area contributed by atoms with Crippen molar-refractivity contribution in [1.82, 2.24) is 0 Å². The molecule has 19 heavy (non-hydrogen) atoms. The standard InChI is InChI=1S/C14H18ClN3S/c1-10-14(6-3-7-19-10)9-17-13(16)18(14)12-5-2-4-11(15)8-12/h2,4-5,8,10H,3,6-7,9H2,1H3,(H2,16,17). The minimum Gasteiger partial charge on any atom is -0.369 e. The lowest BCUT2D eigenvalue weighted by Gasteiger charge is -2.46. The summed E-state index contributed by atoms with van der Waals surface area (Å²) < 4.78 is 0. The Hall–Kier alpha value is -0.870. The van der Waals surface area contributed by atoms with E-state index in [1.54, 1.807) is 0 Å². The Balaban J connectivity index is 2.03. The van der Waals surface area contributed by atoms with Crippen LogP contribution < -0.4 is 10.6 Å². The first kappa shape index (κ1) is 13.1. The van der Waals surface area contributed by atoms with E-state index in [1.807, 2.05) is 30.0 Å². The number of hydrogen-bond donors (Lipinski definition) is 1. The van der Waals surface area contributed by atoms with Crippen molar-refractivity contribution in [3.8, 4) is 0 Å². The summed E-state index contributed by atoms with van der Waals surface area (Å²) in [7, 11) is 0. The Labute approximate surface area is 123 Å². The molecule has 1 fully saturated rings. The van der Waals surface area contributed by atoms with Gasteiger partial charge in [-0.1, -0.05) is 24.6 Å². The van der Waals surface area contributed by atoms with Crippen LogP contribution in [0, 0.1) is 0 Å². The average Bonchev–Trinajstić information content (AvgIpc) is 2.71. The van der Waals surface area contributed by atoms with Gasteiger partial charge in [0.25, 0.3) is 0 Å². The van der Waals surface area contributed by atoms with Gasteiger partial charge in [0.15, 0.2) is 5.96 Å². The number of guanidine groups is 1. The second-order valence-electron chi connectivity index (χ2n) is 5.21. The summed E-state index contributed by atoms with van der Waals surface area (Å²) in [6.07, 6.45) is 2.35. The first-order chi connectivity index (χ1) is 9.13. The normalized spacial score (nSPS) is 30.7. The van der Waals surface area contributed by atoms with Crippen LogP contribution in [-0.4, -0.2) is 29.0 Å². The third-order valence-corrected chi connectivity index (χ3v) is 5.83. The number of aliphatic imine (C=N–C) groups is 1. The maximum atomic E-state index is 6.15. The van der Waals surface area contributed by atoms with Gasteiger partial charge in [-0.15, -0.1) is 0 Å². The molecule has 1 saturated heterocycles. The van der Waals surface area contributed by atoms with Gasteiger partial charge < -0.3 is 10.6 Å². The second-order valence-corrected chi connectivity index (χ2v) is 7.09. The number of rotatable bonds is 1. The van der Waals surface area contributed by atoms with Crippen molar-refractivity contribution < 1.29 is 0 Å². The molecule has 1 spiro atoms. The van der Waals surface area contributed by atoms with Crippen LogP contribution in [0.4, 0.5) is 5.69 Å². The van der Waals surface area contributed by atoms with Crippen LogP contribution in [0.2, 0.25) is 5.02 Å². The second kappa shape index (κ2) is 4.91. The van der Waals surface area contributed by atoms with Crippen LogP contribution in [0.25, 0.3) is 0 Å². The van der Waals surface area contributed by atoms with Crippen molar-refractivity contribution in [3.05, 3.63) is 29.3 Å². The Morgan fingerprint density at radius 1 is 1.53 bits per heavy atom. The van der Waals surface area contributed by atoms with E-state index in [-0.39, 0.29) is 5.54 Å². The van der Waals surface area contributed by atoms with Gasteiger partial charge in [-0.25, -0.2) is 0 Å². The summed E-state index contributed by atoms with van der Waals surface area (Å²) in [5.74, 6) is 1.85. The summed E-state index contributed by atoms with van der Waals surface area (Å²) in [5.41, 5.74) is 7.23. The van der Waals surface area contributed by atoms with Gasteiger partial charge in [0.2, 0.25) is 0 Å². The smallest absolute Gasteiger partial charge is 0.196 e. The predicted octanol–water partition coefficient (Wildman–Crippen LogP) is 3.13. The van der Waals surface area contributed by atoms with E-state index in [9.17, 15) is 0 Å². The highest BCUT2D eigenvalue weighted by Gasteiger charge is 2.48. The maximum Gasteiger partial charge on any atom is 0.196 e. The Morgan fingerprint density at radius 3 is 3.11 bits per heavy atom. The fourth-order valence-corrected chi connectivity index (χ4v) is 4.55. The molecule has 1 aromatic rings. The molecule has 3 nitrogen and oxygen atoms in total. The Kier molecular flexibility index (Phi) is 3.39. The molecule has 1 aromatic carbocycles. The molecule has 0 aliphatic carbocycles. The number of hydrogen-bond acceptors (Lipinski definition) is 4. The SMILES string of the molecule is CC1SCCCC12CN=C(N)N2c1cccc(Cl)c1. The molecule has 0 aromatic heterocycles. The molecule has 2 N–H and O–H groups in total. The van der Waals surface area contributed by atoms with E-state index in [0.29, 0.717) is 11.2 Å². The average molecular weight is 296 g/mol. The molecule has 2 aliphatic heterocycles. The highest BCUT2D eigenvalue weighted by Crippen LogP contribution is 2.43. The molecule has 2 atom stereocenters. The van der Waals surface area contributed by atoms with Gasteiger partial charge in [0.1, 0.15) is 0 Å². The van der Waals surface area contributed by atoms with E-state index in [2.05, 4.69) is 22.9 Å². The number of halogens is 1. The molecule has 2 unspecified atom stereocenters. The third-order valence-electron chi connectivity index (χ3n) is 4.13. The molecule has 102 valence electrons. The van der Waals surface area contributed by atoms with Crippen molar-refractivity contribution in [1.29, 1.82) is 0 Å². The molecular formula is C14H18ClN3S. The van der Waals surface area contributed by atoms with Gasteiger partial charge in [-0.3, -0.25) is 4.99 Å². The number of nitrogens with two attached hydrogens (primary N) is 1. The van der Waals surface area contributed by atoms with Crippen LogP contribution in [0.3, 0.4) is 0 Å². The summed E-state index contributed by atoms with van der Waals surface area (Å²) >= 11 is 8.14. The summed E-state index contributed by atoms with van der Waals surface area (Å²) in [4.78, 5) is 6.72. The van der Waals surface area contributed by atoms with Gasteiger partial charge in [-0.2, -0.15) is 11.8 Å². The zero-order valence-electron chi connectivity index (χ0n) is 11.0. The number of anilines is 1. The zero-order chi connectivity index (χ0) is 13.5. The fourth-order valence-electron chi connectivity index (χ4n) is 3.09. The third kappa shape index (κ3) is 2.11. The lowest BCUT2D eigenvalue weighted by atomic mass is 9.88. The van der Waals surface area contributed by atoms with Crippen LogP contribution in [0.15, 0.2) is 29.3 Å². The summed E-state index contributed by atoms with van der Waals surface area (Å²) in [6.45, 7) is 3.08. The van der Waals surface area contributed by atoms with Crippen molar-refractivity contribution in [2.24, 2.45) is 10.7 Å². The molecule has 0 saturated carbocycles. The monoisotopic (exact) mass is 295 g/mol. The van der Waals surface area contributed by atoms with E-state index in [1.165, 1.54) is 12.2 Å². The molecule has 0 amide bonds. The highest BCUT2D eigenvalue weighted by molar-refractivity contribution is 8.00. The van der Waals surface area contributed by atoms with Crippen LogP contribution in [-0.2, 0) is 0 Å². The first-order valence-electron chi connectivity index (χ1n) is 6.61. The van der Waals surface area contributed by atoms with Gasteiger partial charge in [0, 0.05) is 16.0 Å². The van der Waals surface area contributed by atoms with Gasteiger partial charge >= 0.3 is 0 Å². The van der Waals surface area contributed by atoms with Crippen LogP contribution in [0.5, 0.6) is 0 Å². The van der Waals surface area contributed by atoms with E-state index in [4.69, 9.17) is 17.3 Å². The summed E-state index contributed by atoms with van der Waals surface area (Å²) in [5, 5.41) is 1.26. The zero-order valence-corrected chi connectivity index (χ0v) is 12.5. The highest BCUT2D eigenvalue weighted by atomic mass is 35.5. The minimum atomic E-state index is 0.0255. The number of nitrogens with zero attached hydrogens (tertiary/aromatic N) is 2. The number of benzene rings is 1. The first-order valence-corrected chi connectivity index (χ1v) is 8.03. The van der Waals surface area contributed by atoms with Crippen molar-refractivity contribution in [2.75, 3.05) is 17.2 Å². The topological polar surface area (TPSA) is 41.6 Å². The van der Waals surface area contributed by atoms with E-state index in [0.717, 1.165) is 23.7 Å². The Bertz CT molecular complexity index is 519. The lowest BCUT2D eigenvalue weighted by Crippen LogP contribution is -2.58. The van der Waals surface area contributed by atoms with Gasteiger partial charge in [-0.05, 0) is 36.8 Å². The molecule has 3 rings (SSSR count). The van der Waals surface area contributed by atoms with Crippen LogP contribution in [0.1, 0.15) is 19.8 Å². The quantitative estimate of drug-likeness (QED) is 0.865. The number of thioether (sulfide) groups is 1. The van der Waals surface area contributed by atoms with Crippen molar-refractivity contribution in [3.63, 3.8) is 0 Å². The molecular weight excluding hydrogens is 278 g/mol. The van der Waals surface area contributed by atoms with Crippen molar-refractivity contribution in [2.45, 2.75) is 30.6 Å². The maximum absolute atomic E-state index is 6.15. The van der Waals surface area contributed by atoms with Crippen molar-refractivity contribution >= 4 is 35.0 Å². The van der Waals surface area contributed by atoms with Gasteiger partial charge in [0.05, 0.1) is 12.1 Å².